The van der Waals surface area contributed by atoms with Gasteiger partial charge in [-0.2, -0.15) is 0 Å². The lowest BCUT2D eigenvalue weighted by atomic mass is 10.1. The lowest BCUT2D eigenvalue weighted by molar-refractivity contribution is -0.147. The van der Waals surface area contributed by atoms with Crippen molar-refractivity contribution in [1.29, 1.82) is 0 Å². The van der Waals surface area contributed by atoms with Crippen molar-refractivity contribution in [3.05, 3.63) is 60.8 Å². The summed E-state index contributed by atoms with van der Waals surface area (Å²) < 4.78 is 26.8. The van der Waals surface area contributed by atoms with E-state index in [2.05, 4.69) is 79.9 Å². The summed E-state index contributed by atoms with van der Waals surface area (Å²) in [4.78, 5) is 33.8. The van der Waals surface area contributed by atoms with Crippen molar-refractivity contribution >= 4 is 19.7 Å². The summed E-state index contributed by atoms with van der Waals surface area (Å²) in [5, 5.41) is 12.6. The molecule has 2 atom stereocenters. The lowest BCUT2D eigenvalue weighted by Crippen LogP contribution is -2.27. The Bertz CT molecular complexity index is 1070. The van der Waals surface area contributed by atoms with Crippen LogP contribution in [-0.2, 0) is 27.9 Å². The van der Waals surface area contributed by atoms with Gasteiger partial charge < -0.3 is 20.1 Å². The molecule has 0 aliphatic rings. The first-order valence-corrected chi connectivity index (χ1v) is 22.8. The number of rotatable bonds is 39. The van der Waals surface area contributed by atoms with Crippen LogP contribution >= 0.6 is 7.82 Å². The van der Waals surface area contributed by atoms with Crippen LogP contribution in [0.3, 0.4) is 0 Å². The van der Waals surface area contributed by atoms with Crippen LogP contribution in [0.4, 0.5) is 0 Å². The number of unbranched alkanes of at least 4 members (excludes halogenated alkanes) is 16. The molecule has 0 aliphatic carbocycles. The molecule has 9 nitrogen and oxygen atoms in total. The normalized spacial score (nSPS) is 13.9. The molecule has 10 heteroatoms. The molecular formula is C44H78NO8P. The van der Waals surface area contributed by atoms with Crippen LogP contribution in [0.1, 0.15) is 174 Å². The van der Waals surface area contributed by atoms with Crippen LogP contribution < -0.4 is 5.32 Å². The third kappa shape index (κ3) is 40.9. The number of nitrogens with one attached hydrogen (secondary N) is 1. The Kier molecular flexibility index (Phi) is 38.7. The van der Waals surface area contributed by atoms with E-state index in [1.54, 1.807) is 0 Å². The van der Waals surface area contributed by atoms with Crippen molar-refractivity contribution in [1.82, 2.24) is 5.32 Å². The van der Waals surface area contributed by atoms with Crippen LogP contribution in [0, 0.1) is 0 Å². The minimum atomic E-state index is -4.43. The molecule has 0 bridgehead atoms. The fraction of sp³-hybridized carbons (Fsp3) is 0.727. The third-order valence-corrected chi connectivity index (χ3v) is 9.65. The molecule has 0 saturated heterocycles. The molecule has 0 aromatic heterocycles. The molecular weight excluding hydrogens is 701 g/mol. The quantitative estimate of drug-likeness (QED) is 0.0243. The van der Waals surface area contributed by atoms with Gasteiger partial charge in [-0.25, -0.2) is 4.57 Å². The minimum absolute atomic E-state index is 0.0492. The van der Waals surface area contributed by atoms with Crippen LogP contribution in [0.5, 0.6) is 0 Å². The molecule has 312 valence electrons. The number of esters is 1. The lowest BCUT2D eigenvalue weighted by Gasteiger charge is -2.15. The second-order valence-electron chi connectivity index (χ2n) is 14.0. The van der Waals surface area contributed by atoms with Gasteiger partial charge in [-0.1, -0.05) is 145 Å². The summed E-state index contributed by atoms with van der Waals surface area (Å²) in [5.74, 6) is -0.585. The number of amides is 1. The Hall–Kier alpha value is -2.29. The zero-order chi connectivity index (χ0) is 39.6. The molecule has 0 rings (SSSR count). The van der Waals surface area contributed by atoms with E-state index in [-0.39, 0.29) is 32.1 Å². The molecule has 0 fully saturated rings. The molecule has 0 aromatic rings. The maximum absolute atomic E-state index is 12.1. The fourth-order valence-corrected chi connectivity index (χ4v) is 6.18. The van der Waals surface area contributed by atoms with Crippen LogP contribution in [0.25, 0.3) is 0 Å². The van der Waals surface area contributed by atoms with E-state index < -0.39 is 26.5 Å². The molecule has 2 unspecified atom stereocenters. The summed E-state index contributed by atoms with van der Waals surface area (Å²) in [6.07, 6.45) is 47.3. The van der Waals surface area contributed by atoms with Gasteiger partial charge in [0.25, 0.3) is 0 Å². The zero-order valence-corrected chi connectivity index (χ0v) is 35.0. The van der Waals surface area contributed by atoms with Crippen molar-refractivity contribution in [2.45, 2.75) is 180 Å². The number of phosphoric ester groups is 1. The second kappa shape index (κ2) is 40.4. The number of hydrogen-bond acceptors (Lipinski definition) is 7. The summed E-state index contributed by atoms with van der Waals surface area (Å²) >= 11 is 0. The molecule has 0 spiro atoms. The molecule has 54 heavy (non-hydrogen) atoms. The highest BCUT2D eigenvalue weighted by molar-refractivity contribution is 7.47. The predicted octanol–water partition coefficient (Wildman–Crippen LogP) is 11.7. The number of aliphatic hydroxyl groups excluding tert-OH is 1. The first-order chi connectivity index (χ1) is 26.3. The largest absolute Gasteiger partial charge is 0.472 e. The Balaban J connectivity index is 3.70. The van der Waals surface area contributed by atoms with Gasteiger partial charge in [0.05, 0.1) is 13.2 Å². The highest BCUT2D eigenvalue weighted by Crippen LogP contribution is 2.42. The maximum Gasteiger partial charge on any atom is 0.472 e. The average Bonchev–Trinajstić information content (AvgIpc) is 3.16. The first kappa shape index (κ1) is 51.7. The fourth-order valence-electron chi connectivity index (χ4n) is 5.43. The predicted molar refractivity (Wildman–Crippen MR) is 224 cm³/mol. The number of phosphoric acid groups is 1. The zero-order valence-electron chi connectivity index (χ0n) is 34.1. The van der Waals surface area contributed by atoms with Gasteiger partial charge in [0.15, 0.2) is 0 Å². The van der Waals surface area contributed by atoms with Gasteiger partial charge >= 0.3 is 13.8 Å². The van der Waals surface area contributed by atoms with Crippen LogP contribution in [-0.4, -0.2) is 54.3 Å². The van der Waals surface area contributed by atoms with E-state index in [4.69, 9.17) is 13.8 Å². The van der Waals surface area contributed by atoms with Crippen molar-refractivity contribution < 1.29 is 37.9 Å². The molecule has 1 amide bonds. The molecule has 0 aromatic carbocycles. The van der Waals surface area contributed by atoms with Crippen molar-refractivity contribution in [2.75, 3.05) is 26.4 Å². The number of ether oxygens (including phenoxy) is 1. The molecule has 3 N–H and O–H groups in total. The number of allylic oxidation sites excluding steroid dienone is 10. The van der Waals surface area contributed by atoms with Gasteiger partial charge in [-0.05, 0) is 77.0 Å². The minimum Gasteiger partial charge on any atom is -0.463 e. The monoisotopic (exact) mass is 780 g/mol. The van der Waals surface area contributed by atoms with E-state index in [9.17, 15) is 24.2 Å². The number of carbonyl (C=O) groups is 2. The molecule has 0 saturated carbocycles. The topological polar surface area (TPSA) is 131 Å². The third-order valence-electron chi connectivity index (χ3n) is 8.67. The summed E-state index contributed by atoms with van der Waals surface area (Å²) in [6.45, 7) is 3.43. The summed E-state index contributed by atoms with van der Waals surface area (Å²) in [5.41, 5.74) is 0. The van der Waals surface area contributed by atoms with Gasteiger partial charge in [0.1, 0.15) is 12.7 Å². The maximum atomic E-state index is 12.1. The van der Waals surface area contributed by atoms with Gasteiger partial charge in [0, 0.05) is 19.4 Å². The standard InChI is InChI=1S/C44H78NO8P/c1-3-5-7-9-11-13-15-17-19-21-22-24-26-28-30-32-34-36-43(47)45-38-39-52-54(49,50)53-41-42(46)40-51-44(48)37-35-33-31-29-27-25-23-20-18-16-14-12-10-8-6-4-2/h11,13,17,19-20,22-24,28,30,42,46H,3-10,12,14-16,18,21,25-27,29,31-41H2,1-2H3,(H,45,47)(H,49,50)/b13-11-,19-17-,23-20-,24-22-,30-28-. The van der Waals surface area contributed by atoms with Crippen LogP contribution in [0.2, 0.25) is 0 Å². The van der Waals surface area contributed by atoms with Crippen LogP contribution in [0.15, 0.2) is 60.8 Å². The summed E-state index contributed by atoms with van der Waals surface area (Å²) in [6, 6.07) is 0. The number of hydrogen-bond donors (Lipinski definition) is 3. The first-order valence-electron chi connectivity index (χ1n) is 21.3. The second-order valence-corrected chi connectivity index (χ2v) is 15.4. The van der Waals surface area contributed by atoms with E-state index in [1.165, 1.54) is 77.0 Å². The van der Waals surface area contributed by atoms with E-state index in [0.717, 1.165) is 64.2 Å². The Morgan fingerprint density at radius 2 is 1.02 bits per heavy atom. The molecule has 0 aliphatic heterocycles. The van der Waals surface area contributed by atoms with Gasteiger partial charge in [-0.3, -0.25) is 18.6 Å². The number of carbonyl (C=O) groups excluding carboxylic acids is 2. The van der Waals surface area contributed by atoms with E-state index >= 15 is 0 Å². The van der Waals surface area contributed by atoms with E-state index in [1.807, 2.05) is 0 Å². The van der Waals surface area contributed by atoms with Crippen molar-refractivity contribution in [3.63, 3.8) is 0 Å². The highest BCUT2D eigenvalue weighted by Gasteiger charge is 2.23. The Morgan fingerprint density at radius 3 is 1.59 bits per heavy atom. The SMILES string of the molecule is CCCCC/C=C\C/C=C\C/C=C\C/C=C\CCCC(=O)NCCOP(=O)(O)OCC(O)COC(=O)CCCCCCC/C=C\CCCCCCCCC. The Morgan fingerprint density at radius 1 is 0.574 bits per heavy atom. The Labute approximate surface area is 329 Å². The average molecular weight is 780 g/mol. The summed E-state index contributed by atoms with van der Waals surface area (Å²) in [7, 11) is -4.43. The molecule has 0 heterocycles. The van der Waals surface area contributed by atoms with Crippen molar-refractivity contribution in [2.24, 2.45) is 0 Å². The van der Waals surface area contributed by atoms with Crippen molar-refractivity contribution in [3.8, 4) is 0 Å². The van der Waals surface area contributed by atoms with Gasteiger partial charge in [-0.15, -0.1) is 0 Å². The number of aliphatic hydroxyl groups is 1. The highest BCUT2D eigenvalue weighted by atomic mass is 31.2. The smallest absolute Gasteiger partial charge is 0.463 e. The van der Waals surface area contributed by atoms with Gasteiger partial charge in [0.2, 0.25) is 5.91 Å². The van der Waals surface area contributed by atoms with E-state index in [0.29, 0.717) is 12.8 Å². The molecule has 0 radical (unpaired) electrons.